The van der Waals surface area contributed by atoms with Crippen LogP contribution in [0, 0.1) is 22.6 Å². The Morgan fingerprint density at radius 2 is 2.08 bits per heavy atom. The third-order valence-electron chi connectivity index (χ3n) is 5.01. The zero-order chi connectivity index (χ0) is 17.3. The van der Waals surface area contributed by atoms with E-state index in [-0.39, 0.29) is 22.9 Å². The molecular weight excluding hydrogens is 309 g/mol. The first-order chi connectivity index (χ1) is 11.5. The summed E-state index contributed by atoms with van der Waals surface area (Å²) in [4.78, 5) is 28.8. The number of carbonyl (C=O) groups is 2. The van der Waals surface area contributed by atoms with Crippen molar-refractivity contribution in [1.82, 2.24) is 9.80 Å². The van der Waals surface area contributed by atoms with Crippen LogP contribution in [-0.2, 0) is 4.79 Å². The predicted octanol–water partition coefficient (Wildman–Crippen LogP) is 2.17. The van der Waals surface area contributed by atoms with Gasteiger partial charge < -0.3 is 9.80 Å². The van der Waals surface area contributed by atoms with E-state index in [4.69, 9.17) is 5.26 Å². The largest absolute Gasteiger partial charge is 0.342 e. The van der Waals surface area contributed by atoms with Gasteiger partial charge in [0.2, 0.25) is 5.91 Å². The summed E-state index contributed by atoms with van der Waals surface area (Å²) in [6.45, 7) is 4.41. The summed E-state index contributed by atoms with van der Waals surface area (Å²) in [6, 6.07) is 5.51. The van der Waals surface area contributed by atoms with Gasteiger partial charge in [0.25, 0.3) is 5.91 Å². The number of carbonyl (C=O) groups excluding carboxylic acids is 2. The Hall–Kier alpha value is -2.42. The fraction of sp³-hybridized carbons (Fsp3) is 0.500. The van der Waals surface area contributed by atoms with Crippen LogP contribution in [0.3, 0.4) is 0 Å². The van der Waals surface area contributed by atoms with Crippen LogP contribution in [-0.4, -0.2) is 47.8 Å². The Morgan fingerprint density at radius 1 is 1.33 bits per heavy atom. The number of nitrogens with zero attached hydrogens (tertiary/aromatic N) is 3. The van der Waals surface area contributed by atoms with Crippen LogP contribution in [0.15, 0.2) is 18.2 Å². The van der Waals surface area contributed by atoms with Crippen LogP contribution >= 0.6 is 0 Å². The lowest BCUT2D eigenvalue weighted by atomic mass is 9.85. The molecule has 0 bridgehead atoms. The minimum Gasteiger partial charge on any atom is -0.342 e. The van der Waals surface area contributed by atoms with Gasteiger partial charge in [0, 0.05) is 31.7 Å². The summed E-state index contributed by atoms with van der Waals surface area (Å²) in [7, 11) is 0. The Morgan fingerprint density at radius 3 is 2.79 bits per heavy atom. The van der Waals surface area contributed by atoms with E-state index in [0.717, 1.165) is 38.1 Å². The molecule has 0 aromatic heterocycles. The monoisotopic (exact) mass is 329 g/mol. The second kappa shape index (κ2) is 6.23. The van der Waals surface area contributed by atoms with E-state index in [1.54, 1.807) is 4.90 Å². The summed E-state index contributed by atoms with van der Waals surface area (Å²) in [5, 5.41) is 8.92. The molecule has 1 aromatic rings. The number of nitriles is 1. The van der Waals surface area contributed by atoms with E-state index < -0.39 is 11.2 Å². The van der Waals surface area contributed by atoms with Crippen molar-refractivity contribution in [2.45, 2.75) is 26.2 Å². The first-order valence-electron chi connectivity index (χ1n) is 8.28. The summed E-state index contributed by atoms with van der Waals surface area (Å²) < 4.78 is 13.6. The molecule has 2 saturated heterocycles. The average molecular weight is 329 g/mol. The maximum absolute atomic E-state index is 13.6. The molecule has 2 aliphatic heterocycles. The van der Waals surface area contributed by atoms with Crippen molar-refractivity contribution in [2.75, 3.05) is 26.2 Å². The van der Waals surface area contributed by atoms with Gasteiger partial charge in [0.1, 0.15) is 5.82 Å². The fourth-order valence-electron chi connectivity index (χ4n) is 3.76. The Bertz CT molecular complexity index is 727. The highest BCUT2D eigenvalue weighted by atomic mass is 19.1. The van der Waals surface area contributed by atoms with Crippen molar-refractivity contribution in [3.8, 4) is 6.07 Å². The molecule has 2 aliphatic rings. The Kier molecular flexibility index (Phi) is 4.27. The highest BCUT2D eigenvalue weighted by Gasteiger charge is 2.51. The lowest BCUT2D eigenvalue weighted by molar-refractivity contribution is -0.135. The standard InChI is InChI=1S/C18H20FN3O2/c1-2-5-21-6-3-18(17(21)24)4-7-22(12-18)16(23)14-8-13(11-20)9-15(19)10-14/h8-10H,2-7,12H2,1H3. The maximum Gasteiger partial charge on any atom is 0.254 e. The Labute approximate surface area is 140 Å². The van der Waals surface area contributed by atoms with E-state index in [0.29, 0.717) is 19.5 Å². The third-order valence-corrected chi connectivity index (χ3v) is 5.01. The van der Waals surface area contributed by atoms with Crippen molar-refractivity contribution >= 4 is 11.8 Å². The summed E-state index contributed by atoms with van der Waals surface area (Å²) in [5.74, 6) is -0.779. The second-order valence-corrected chi connectivity index (χ2v) is 6.64. The van der Waals surface area contributed by atoms with Crippen LogP contribution in [0.1, 0.15) is 42.1 Å². The zero-order valence-electron chi connectivity index (χ0n) is 13.7. The average Bonchev–Trinajstić information content (AvgIpc) is 3.14. The summed E-state index contributed by atoms with van der Waals surface area (Å²) >= 11 is 0. The van der Waals surface area contributed by atoms with Crippen LogP contribution in [0.4, 0.5) is 4.39 Å². The number of likely N-dealkylation sites (tertiary alicyclic amines) is 2. The van der Waals surface area contributed by atoms with Gasteiger partial charge >= 0.3 is 0 Å². The summed E-state index contributed by atoms with van der Waals surface area (Å²) in [6.07, 6.45) is 2.34. The number of amides is 2. The molecule has 2 fully saturated rings. The predicted molar refractivity (Wildman–Crippen MR) is 85.6 cm³/mol. The molecule has 5 nitrogen and oxygen atoms in total. The van der Waals surface area contributed by atoms with Gasteiger partial charge in [-0.2, -0.15) is 5.26 Å². The molecule has 0 N–H and O–H groups in total. The molecule has 0 radical (unpaired) electrons. The first-order valence-corrected chi connectivity index (χ1v) is 8.28. The molecule has 6 heteroatoms. The van der Waals surface area contributed by atoms with E-state index in [2.05, 4.69) is 0 Å². The van der Waals surface area contributed by atoms with Gasteiger partial charge in [-0.15, -0.1) is 0 Å². The van der Waals surface area contributed by atoms with E-state index in [9.17, 15) is 14.0 Å². The molecule has 0 saturated carbocycles. The molecule has 1 unspecified atom stereocenters. The minimum atomic E-state index is -0.600. The normalized spacial score (nSPS) is 23.1. The number of hydrogen-bond donors (Lipinski definition) is 0. The summed E-state index contributed by atoms with van der Waals surface area (Å²) in [5.41, 5.74) is -0.186. The number of benzene rings is 1. The lowest BCUT2D eigenvalue weighted by Gasteiger charge is -2.23. The lowest BCUT2D eigenvalue weighted by Crippen LogP contribution is -2.38. The van der Waals surface area contributed by atoms with E-state index in [1.165, 1.54) is 6.07 Å². The van der Waals surface area contributed by atoms with Gasteiger partial charge in [0.15, 0.2) is 0 Å². The maximum atomic E-state index is 13.6. The van der Waals surface area contributed by atoms with Gasteiger partial charge in [-0.05, 0) is 37.5 Å². The highest BCUT2D eigenvalue weighted by molar-refractivity contribution is 5.96. The quantitative estimate of drug-likeness (QED) is 0.854. The molecule has 1 aromatic carbocycles. The molecule has 3 rings (SSSR count). The van der Waals surface area contributed by atoms with Gasteiger partial charge in [0.05, 0.1) is 17.0 Å². The molecule has 1 spiro atoms. The molecule has 2 heterocycles. The zero-order valence-corrected chi connectivity index (χ0v) is 13.7. The minimum absolute atomic E-state index is 0.123. The first kappa shape index (κ1) is 16.4. The van der Waals surface area contributed by atoms with E-state index >= 15 is 0 Å². The third kappa shape index (κ3) is 2.75. The second-order valence-electron chi connectivity index (χ2n) is 6.64. The number of halogens is 1. The fourth-order valence-corrected chi connectivity index (χ4v) is 3.76. The SMILES string of the molecule is CCCN1CCC2(CCN(C(=O)c3cc(F)cc(C#N)c3)C2)C1=O. The molecule has 1 atom stereocenters. The van der Waals surface area contributed by atoms with Gasteiger partial charge in [-0.3, -0.25) is 9.59 Å². The molecular formula is C18H20FN3O2. The van der Waals surface area contributed by atoms with Crippen molar-refractivity contribution in [2.24, 2.45) is 5.41 Å². The topological polar surface area (TPSA) is 64.4 Å². The van der Waals surface area contributed by atoms with Crippen molar-refractivity contribution in [3.63, 3.8) is 0 Å². The Balaban J connectivity index is 1.77. The molecule has 126 valence electrons. The van der Waals surface area contributed by atoms with Crippen LogP contribution in [0.25, 0.3) is 0 Å². The molecule has 0 aliphatic carbocycles. The van der Waals surface area contributed by atoms with Crippen molar-refractivity contribution in [3.05, 3.63) is 35.1 Å². The van der Waals surface area contributed by atoms with Crippen molar-refractivity contribution < 1.29 is 14.0 Å². The van der Waals surface area contributed by atoms with Gasteiger partial charge in [-0.25, -0.2) is 4.39 Å². The molecule has 2 amide bonds. The van der Waals surface area contributed by atoms with Crippen LogP contribution in [0.2, 0.25) is 0 Å². The van der Waals surface area contributed by atoms with Gasteiger partial charge in [-0.1, -0.05) is 6.92 Å². The van der Waals surface area contributed by atoms with Crippen LogP contribution < -0.4 is 0 Å². The number of rotatable bonds is 3. The number of hydrogen-bond acceptors (Lipinski definition) is 3. The van der Waals surface area contributed by atoms with Crippen molar-refractivity contribution in [1.29, 1.82) is 5.26 Å². The highest BCUT2D eigenvalue weighted by Crippen LogP contribution is 2.41. The van der Waals surface area contributed by atoms with E-state index in [1.807, 2.05) is 17.9 Å². The molecule has 24 heavy (non-hydrogen) atoms. The van der Waals surface area contributed by atoms with Crippen LogP contribution in [0.5, 0.6) is 0 Å². The smallest absolute Gasteiger partial charge is 0.254 e.